The first-order valence-electron chi connectivity index (χ1n) is 11.8. The van der Waals surface area contributed by atoms with Gasteiger partial charge < -0.3 is 4.74 Å². The number of aromatic nitrogens is 6. The van der Waals surface area contributed by atoms with Crippen molar-refractivity contribution >= 4 is 10.9 Å². The molecule has 35 heavy (non-hydrogen) atoms. The van der Waals surface area contributed by atoms with Crippen molar-refractivity contribution in [3.05, 3.63) is 70.2 Å². The Hall–Kier alpha value is -3.53. The largest absolute Gasteiger partial charge is 0.373 e. The molecule has 4 aromatic rings. The quantitative estimate of drug-likeness (QED) is 0.420. The Bertz CT molecular complexity index is 1510. The van der Waals surface area contributed by atoms with Gasteiger partial charge in [-0.15, -0.1) is 4.68 Å². The van der Waals surface area contributed by atoms with Gasteiger partial charge in [0, 0.05) is 31.2 Å². The standard InChI is InChI=1S/C25H25F2N6O2/c1-31-12-15(13-33(31)17-4-5-17)21-9-14(7-8-35-21)24-29-22(18-6-3-16(26)10-20(18)27)19-11-28-32(2)25(34)23(19)30-24/h3,6,10-14,17,21H,4-5,7-9H2,1-2H3/q+1/t14-,21-/m0/s1. The summed E-state index contributed by atoms with van der Waals surface area (Å²) >= 11 is 0. The summed E-state index contributed by atoms with van der Waals surface area (Å²) in [7, 11) is 3.57. The van der Waals surface area contributed by atoms with E-state index in [0.29, 0.717) is 36.7 Å². The van der Waals surface area contributed by atoms with Crippen LogP contribution in [-0.2, 0) is 18.8 Å². The zero-order valence-corrected chi connectivity index (χ0v) is 19.5. The summed E-state index contributed by atoms with van der Waals surface area (Å²) < 4.78 is 40.0. The Morgan fingerprint density at radius 3 is 2.77 bits per heavy atom. The van der Waals surface area contributed by atoms with E-state index >= 15 is 0 Å². The number of hydrogen-bond acceptors (Lipinski definition) is 5. The van der Waals surface area contributed by atoms with Crippen molar-refractivity contribution in [2.75, 3.05) is 6.61 Å². The van der Waals surface area contributed by atoms with Gasteiger partial charge in [-0.1, -0.05) is 0 Å². The van der Waals surface area contributed by atoms with Crippen LogP contribution in [0.5, 0.6) is 0 Å². The molecular weight excluding hydrogens is 454 g/mol. The minimum atomic E-state index is -0.754. The van der Waals surface area contributed by atoms with Gasteiger partial charge in [-0.25, -0.2) is 23.4 Å². The zero-order valence-electron chi connectivity index (χ0n) is 19.5. The molecule has 1 aliphatic carbocycles. The van der Waals surface area contributed by atoms with Gasteiger partial charge in [0.05, 0.1) is 41.2 Å². The van der Waals surface area contributed by atoms with E-state index in [1.54, 1.807) is 0 Å². The third-order valence-electron chi connectivity index (χ3n) is 6.93. The molecule has 0 radical (unpaired) electrons. The lowest BCUT2D eigenvalue weighted by atomic mass is 9.92. The van der Waals surface area contributed by atoms with Crippen molar-refractivity contribution in [2.45, 2.75) is 43.7 Å². The fraction of sp³-hybridized carbons (Fsp3) is 0.400. The summed E-state index contributed by atoms with van der Waals surface area (Å²) in [6.07, 6.45) is 9.24. The zero-order chi connectivity index (χ0) is 24.3. The van der Waals surface area contributed by atoms with Crippen LogP contribution in [-0.4, -0.2) is 31.0 Å². The molecule has 2 fully saturated rings. The smallest absolute Gasteiger partial charge is 0.293 e. The second-order valence-corrected chi connectivity index (χ2v) is 9.41. The van der Waals surface area contributed by atoms with Gasteiger partial charge in [-0.05, 0) is 37.8 Å². The Morgan fingerprint density at radius 2 is 2.00 bits per heavy atom. The highest BCUT2D eigenvalue weighted by atomic mass is 19.1. The van der Waals surface area contributed by atoms with Crippen molar-refractivity contribution < 1.29 is 18.2 Å². The van der Waals surface area contributed by atoms with Crippen LogP contribution in [0.4, 0.5) is 8.78 Å². The average Bonchev–Trinajstić information content (AvgIpc) is 3.62. The van der Waals surface area contributed by atoms with E-state index in [9.17, 15) is 13.6 Å². The van der Waals surface area contributed by atoms with E-state index in [-0.39, 0.29) is 28.8 Å². The third kappa shape index (κ3) is 3.91. The summed E-state index contributed by atoms with van der Waals surface area (Å²) in [5.74, 6) is -1.07. The molecule has 1 aromatic carbocycles. The summed E-state index contributed by atoms with van der Waals surface area (Å²) in [5, 5.41) is 4.40. The molecule has 0 unspecified atom stereocenters. The lowest BCUT2D eigenvalue weighted by Crippen LogP contribution is -2.37. The molecule has 0 bridgehead atoms. The number of hydrogen-bond donors (Lipinski definition) is 0. The van der Waals surface area contributed by atoms with Crippen molar-refractivity contribution in [1.29, 1.82) is 0 Å². The molecule has 0 amide bonds. The highest BCUT2D eigenvalue weighted by Gasteiger charge is 2.34. The predicted molar refractivity (Wildman–Crippen MR) is 122 cm³/mol. The van der Waals surface area contributed by atoms with Gasteiger partial charge in [0.25, 0.3) is 5.56 Å². The lowest BCUT2D eigenvalue weighted by Gasteiger charge is -2.28. The number of rotatable bonds is 4. The Morgan fingerprint density at radius 1 is 1.17 bits per heavy atom. The molecule has 1 saturated carbocycles. The number of ether oxygens (including phenoxy) is 1. The Labute approximate surface area is 199 Å². The first kappa shape index (κ1) is 22.0. The second-order valence-electron chi connectivity index (χ2n) is 9.41. The third-order valence-corrected chi connectivity index (χ3v) is 6.93. The van der Waals surface area contributed by atoms with Crippen molar-refractivity contribution in [1.82, 2.24) is 24.4 Å². The molecular formula is C25H25F2N6O2+. The molecule has 1 aliphatic heterocycles. The van der Waals surface area contributed by atoms with Crippen LogP contribution < -0.4 is 10.2 Å². The monoisotopic (exact) mass is 479 g/mol. The summed E-state index contributed by atoms with van der Waals surface area (Å²) in [5.41, 5.74) is 1.21. The van der Waals surface area contributed by atoms with Gasteiger partial charge in [-0.2, -0.15) is 9.78 Å². The first-order chi connectivity index (χ1) is 16.9. The van der Waals surface area contributed by atoms with Gasteiger partial charge >= 0.3 is 0 Å². The van der Waals surface area contributed by atoms with Crippen LogP contribution in [0, 0.1) is 11.6 Å². The normalized spacial score (nSPS) is 20.5. The molecule has 0 spiro atoms. The van der Waals surface area contributed by atoms with Crippen LogP contribution in [0.1, 0.15) is 55.1 Å². The highest BCUT2D eigenvalue weighted by Crippen LogP contribution is 2.39. The molecule has 10 heteroatoms. The number of fused-ring (bicyclic) bond motifs is 1. The predicted octanol–water partition coefficient (Wildman–Crippen LogP) is 3.26. The molecule has 8 nitrogen and oxygen atoms in total. The molecule has 3 aromatic heterocycles. The highest BCUT2D eigenvalue weighted by molar-refractivity contribution is 5.91. The van der Waals surface area contributed by atoms with E-state index in [1.165, 1.54) is 42.9 Å². The molecule has 2 aliphatic rings. The van der Waals surface area contributed by atoms with E-state index in [1.807, 2.05) is 7.05 Å². The van der Waals surface area contributed by atoms with Crippen molar-refractivity contribution in [3.8, 4) is 11.3 Å². The van der Waals surface area contributed by atoms with Crippen molar-refractivity contribution in [3.63, 3.8) is 0 Å². The first-order valence-corrected chi connectivity index (χ1v) is 11.8. The number of aryl methyl sites for hydroxylation is 2. The van der Waals surface area contributed by atoms with E-state index < -0.39 is 17.2 Å². The summed E-state index contributed by atoms with van der Waals surface area (Å²) in [6.45, 7) is 0.518. The Kier molecular flexibility index (Phi) is 5.21. The lowest BCUT2D eigenvalue weighted by molar-refractivity contribution is -0.754. The van der Waals surface area contributed by atoms with E-state index in [2.05, 4.69) is 31.8 Å². The maximum Gasteiger partial charge on any atom is 0.293 e. The van der Waals surface area contributed by atoms with Gasteiger partial charge in [-0.3, -0.25) is 4.79 Å². The van der Waals surface area contributed by atoms with Crippen LogP contribution in [0.2, 0.25) is 0 Å². The summed E-state index contributed by atoms with van der Waals surface area (Å²) in [4.78, 5) is 22.3. The van der Waals surface area contributed by atoms with Gasteiger partial charge in [0.1, 0.15) is 23.0 Å². The number of benzene rings is 1. The SMILES string of the molecule is Cn1ncc2c(-c3ccc(F)cc3F)nc([C@H]3CCO[C@H](c4cn(C5CC5)[n+](C)c4)C3)nc2c1=O. The van der Waals surface area contributed by atoms with Crippen LogP contribution in [0.15, 0.2) is 41.6 Å². The van der Waals surface area contributed by atoms with E-state index in [4.69, 9.17) is 9.72 Å². The van der Waals surface area contributed by atoms with Crippen molar-refractivity contribution in [2.24, 2.45) is 14.1 Å². The minimum absolute atomic E-state index is 0.0899. The fourth-order valence-corrected chi connectivity index (χ4v) is 4.88. The molecule has 1 saturated heterocycles. The molecule has 180 valence electrons. The van der Waals surface area contributed by atoms with E-state index in [0.717, 1.165) is 11.6 Å². The number of halogens is 2. The average molecular weight is 480 g/mol. The Balaban J connectivity index is 1.43. The van der Waals surface area contributed by atoms with Crippen LogP contribution in [0.25, 0.3) is 22.2 Å². The van der Waals surface area contributed by atoms with Gasteiger partial charge in [0.2, 0.25) is 6.20 Å². The fourth-order valence-electron chi connectivity index (χ4n) is 4.88. The van der Waals surface area contributed by atoms with Crippen LogP contribution in [0.3, 0.4) is 0 Å². The maximum absolute atomic E-state index is 14.8. The molecule has 4 heterocycles. The molecule has 2 atom stereocenters. The van der Waals surface area contributed by atoms with Gasteiger partial charge in [0.15, 0.2) is 7.05 Å². The maximum atomic E-state index is 14.8. The number of nitrogens with zero attached hydrogens (tertiary/aromatic N) is 6. The second kappa shape index (κ2) is 8.30. The topological polar surface area (TPSA) is 78.7 Å². The van der Waals surface area contributed by atoms with Crippen LogP contribution >= 0.6 is 0 Å². The molecule has 0 N–H and O–H groups in total. The summed E-state index contributed by atoms with van der Waals surface area (Å²) in [6, 6.07) is 3.87. The minimum Gasteiger partial charge on any atom is -0.373 e. The molecule has 6 rings (SSSR count).